The fourth-order valence-corrected chi connectivity index (χ4v) is 2.91. The number of hydrazine groups is 1. The minimum absolute atomic E-state index is 0.194. The van der Waals surface area contributed by atoms with Crippen LogP contribution in [-0.2, 0) is 14.4 Å². The highest BCUT2D eigenvalue weighted by molar-refractivity contribution is 6.23. The van der Waals surface area contributed by atoms with Gasteiger partial charge in [0, 0.05) is 18.3 Å². The summed E-state index contributed by atoms with van der Waals surface area (Å²) in [6.07, 6.45) is 2.51. The average Bonchev–Trinajstić information content (AvgIpc) is 3.00. The topological polar surface area (TPSA) is 99.7 Å². The van der Waals surface area contributed by atoms with Crippen LogP contribution in [0.15, 0.2) is 48.8 Å². The van der Waals surface area contributed by atoms with Gasteiger partial charge in [-0.3, -0.25) is 29.6 Å². The van der Waals surface area contributed by atoms with E-state index in [9.17, 15) is 23.6 Å². The molecule has 1 aromatic heterocycles. The molecular weight excluding hydrogens is 379 g/mol. The van der Waals surface area contributed by atoms with Gasteiger partial charge in [-0.15, -0.1) is 0 Å². The van der Waals surface area contributed by atoms with Crippen LogP contribution >= 0.6 is 0 Å². The maximum absolute atomic E-state index is 13.2. The highest BCUT2D eigenvalue weighted by Crippen LogP contribution is 2.26. The van der Waals surface area contributed by atoms with Crippen molar-refractivity contribution in [3.63, 3.8) is 0 Å². The Kier molecular flexibility index (Phi) is 5.67. The highest BCUT2D eigenvalue weighted by Gasteiger charge is 2.45. The lowest BCUT2D eigenvalue weighted by atomic mass is 10.1. The van der Waals surface area contributed by atoms with E-state index in [1.165, 1.54) is 30.6 Å². The molecule has 8 nitrogen and oxygen atoms in total. The predicted molar refractivity (Wildman–Crippen MR) is 101 cm³/mol. The summed E-state index contributed by atoms with van der Waals surface area (Å²) in [5.74, 6) is -3.43. The van der Waals surface area contributed by atoms with E-state index in [0.717, 1.165) is 22.0 Å². The fraction of sp³-hybridized carbons (Fsp3) is 0.250. The number of pyridine rings is 1. The van der Waals surface area contributed by atoms with Crippen LogP contribution in [0.5, 0.6) is 0 Å². The number of nitrogens with zero attached hydrogens (tertiary/aromatic N) is 3. The van der Waals surface area contributed by atoms with Crippen LogP contribution in [0, 0.1) is 11.7 Å². The number of aromatic nitrogens is 1. The number of carbonyl (C=O) groups excluding carboxylic acids is 4. The molecule has 1 fully saturated rings. The first kappa shape index (κ1) is 20.1. The lowest BCUT2D eigenvalue weighted by molar-refractivity contribution is -0.143. The van der Waals surface area contributed by atoms with Gasteiger partial charge in [-0.25, -0.2) is 14.3 Å². The number of carbonyl (C=O) groups is 4. The Labute approximate surface area is 166 Å². The van der Waals surface area contributed by atoms with Gasteiger partial charge in [0.15, 0.2) is 0 Å². The number of amides is 4. The molecule has 0 bridgehead atoms. The Bertz CT molecular complexity index is 947. The molecule has 1 aromatic carbocycles. The second-order valence-electron chi connectivity index (χ2n) is 6.81. The van der Waals surface area contributed by atoms with Crippen molar-refractivity contribution in [3.05, 3.63) is 60.2 Å². The van der Waals surface area contributed by atoms with E-state index in [0.29, 0.717) is 0 Å². The molecule has 1 N–H and O–H groups in total. The molecule has 0 spiro atoms. The van der Waals surface area contributed by atoms with Crippen molar-refractivity contribution >= 4 is 29.3 Å². The van der Waals surface area contributed by atoms with E-state index in [-0.39, 0.29) is 17.7 Å². The molecule has 4 amide bonds. The standard InChI is InChI=1S/C20H19FN4O4/c1-12(2)19(28)25(23-18(27)13-4-3-9-22-11-13)16-10-17(26)24(20(16)29)15-7-5-14(21)6-8-15/h3-9,11-12,16H,10H2,1-2H3,(H,23,27). The normalized spacial score (nSPS) is 16.3. The van der Waals surface area contributed by atoms with Gasteiger partial charge in [-0.1, -0.05) is 13.8 Å². The highest BCUT2D eigenvalue weighted by atomic mass is 19.1. The quantitative estimate of drug-likeness (QED) is 0.624. The number of hydrogen-bond donors (Lipinski definition) is 1. The summed E-state index contributed by atoms with van der Waals surface area (Å²) < 4.78 is 13.2. The minimum atomic E-state index is -1.21. The lowest BCUT2D eigenvalue weighted by Gasteiger charge is -2.29. The lowest BCUT2D eigenvalue weighted by Crippen LogP contribution is -2.55. The van der Waals surface area contributed by atoms with E-state index >= 15 is 0 Å². The number of anilines is 1. The van der Waals surface area contributed by atoms with Crippen LogP contribution in [0.25, 0.3) is 0 Å². The van der Waals surface area contributed by atoms with Crippen LogP contribution in [0.3, 0.4) is 0 Å². The maximum atomic E-state index is 13.2. The zero-order valence-corrected chi connectivity index (χ0v) is 15.8. The summed E-state index contributed by atoms with van der Waals surface area (Å²) in [5.41, 5.74) is 2.82. The third kappa shape index (κ3) is 4.13. The van der Waals surface area contributed by atoms with Gasteiger partial charge in [-0.05, 0) is 36.4 Å². The number of imide groups is 1. The largest absolute Gasteiger partial charge is 0.274 e. The van der Waals surface area contributed by atoms with Crippen molar-refractivity contribution in [1.82, 2.24) is 15.4 Å². The summed E-state index contributed by atoms with van der Waals surface area (Å²) in [6.45, 7) is 3.23. The van der Waals surface area contributed by atoms with Crippen molar-refractivity contribution in [2.75, 3.05) is 4.90 Å². The Hall–Kier alpha value is -3.62. The van der Waals surface area contributed by atoms with Gasteiger partial charge in [0.05, 0.1) is 17.7 Å². The molecule has 2 aromatic rings. The number of hydrogen-bond acceptors (Lipinski definition) is 5. The van der Waals surface area contributed by atoms with Gasteiger partial charge in [-0.2, -0.15) is 0 Å². The SMILES string of the molecule is CC(C)C(=O)N(NC(=O)c1cccnc1)C1CC(=O)N(c2ccc(F)cc2)C1=O. The molecule has 1 saturated heterocycles. The molecule has 1 atom stereocenters. The molecule has 1 aliphatic heterocycles. The van der Waals surface area contributed by atoms with Crippen LogP contribution in [0.2, 0.25) is 0 Å². The number of halogens is 1. The fourth-order valence-electron chi connectivity index (χ4n) is 2.91. The van der Waals surface area contributed by atoms with Crippen LogP contribution in [0.1, 0.15) is 30.6 Å². The first-order chi connectivity index (χ1) is 13.8. The van der Waals surface area contributed by atoms with E-state index < -0.39 is 41.4 Å². The molecular formula is C20H19FN4O4. The van der Waals surface area contributed by atoms with E-state index in [1.807, 2.05) is 0 Å². The van der Waals surface area contributed by atoms with E-state index in [4.69, 9.17) is 0 Å². The minimum Gasteiger partial charge on any atom is -0.274 e. The summed E-state index contributed by atoms with van der Waals surface area (Å²) in [4.78, 5) is 55.4. The van der Waals surface area contributed by atoms with Crippen LogP contribution in [0.4, 0.5) is 10.1 Å². The first-order valence-electron chi connectivity index (χ1n) is 8.96. The van der Waals surface area contributed by atoms with Crippen LogP contribution in [-0.4, -0.2) is 39.7 Å². The molecule has 2 heterocycles. The Morgan fingerprint density at radius 3 is 2.48 bits per heavy atom. The van der Waals surface area contributed by atoms with Gasteiger partial charge in [0.2, 0.25) is 11.8 Å². The second kappa shape index (κ2) is 8.17. The van der Waals surface area contributed by atoms with Crippen molar-refractivity contribution in [1.29, 1.82) is 0 Å². The number of rotatable bonds is 4. The van der Waals surface area contributed by atoms with Crippen LogP contribution < -0.4 is 10.3 Å². The summed E-state index contributed by atoms with van der Waals surface area (Å²) in [5, 5.41) is 0.907. The molecule has 0 saturated carbocycles. The molecule has 1 aliphatic rings. The van der Waals surface area contributed by atoms with Crippen molar-refractivity contribution in [2.24, 2.45) is 5.92 Å². The molecule has 29 heavy (non-hydrogen) atoms. The third-order valence-corrected chi connectivity index (χ3v) is 4.40. The number of benzene rings is 1. The predicted octanol–water partition coefficient (Wildman–Crippen LogP) is 1.68. The average molecular weight is 398 g/mol. The zero-order chi connectivity index (χ0) is 21.1. The van der Waals surface area contributed by atoms with Gasteiger partial charge in [0.1, 0.15) is 11.9 Å². The molecule has 0 radical (unpaired) electrons. The summed E-state index contributed by atoms with van der Waals surface area (Å²) in [7, 11) is 0. The number of nitrogens with one attached hydrogen (secondary N) is 1. The van der Waals surface area contributed by atoms with Gasteiger partial charge >= 0.3 is 0 Å². The van der Waals surface area contributed by atoms with Gasteiger partial charge < -0.3 is 0 Å². The first-order valence-corrected chi connectivity index (χ1v) is 8.96. The van der Waals surface area contributed by atoms with Gasteiger partial charge in [0.25, 0.3) is 11.8 Å². The monoisotopic (exact) mass is 398 g/mol. The van der Waals surface area contributed by atoms with Crippen molar-refractivity contribution in [2.45, 2.75) is 26.3 Å². The maximum Gasteiger partial charge on any atom is 0.271 e. The Balaban J connectivity index is 1.88. The Morgan fingerprint density at radius 1 is 1.21 bits per heavy atom. The second-order valence-corrected chi connectivity index (χ2v) is 6.81. The summed E-state index contributed by atoms with van der Waals surface area (Å²) in [6, 6.07) is 6.72. The van der Waals surface area contributed by atoms with E-state index in [1.54, 1.807) is 19.9 Å². The van der Waals surface area contributed by atoms with E-state index in [2.05, 4.69) is 10.4 Å². The van der Waals surface area contributed by atoms with Crippen molar-refractivity contribution < 1.29 is 23.6 Å². The molecule has 0 aliphatic carbocycles. The smallest absolute Gasteiger partial charge is 0.271 e. The Morgan fingerprint density at radius 2 is 1.90 bits per heavy atom. The molecule has 3 rings (SSSR count). The molecule has 9 heteroatoms. The molecule has 150 valence electrons. The zero-order valence-electron chi connectivity index (χ0n) is 15.8. The molecule has 1 unspecified atom stereocenters. The third-order valence-electron chi connectivity index (χ3n) is 4.40. The summed E-state index contributed by atoms with van der Waals surface area (Å²) >= 11 is 0. The van der Waals surface area contributed by atoms with Crippen molar-refractivity contribution in [3.8, 4) is 0 Å².